The number of aromatic nitrogens is 1. The highest BCUT2D eigenvalue weighted by Crippen LogP contribution is 2.38. The molecule has 0 amide bonds. The average molecular weight is 330 g/mol. The van der Waals surface area contributed by atoms with E-state index in [1.54, 1.807) is 24.4 Å². The van der Waals surface area contributed by atoms with Gasteiger partial charge in [-0.2, -0.15) is 5.10 Å². The summed E-state index contributed by atoms with van der Waals surface area (Å²) >= 11 is 0. The van der Waals surface area contributed by atoms with Crippen LogP contribution >= 0.6 is 0 Å². The standard InChI is InChI=1S/C16H18N4O4/c1-3-8-24-16-13(20(21)22)9-12(10-14(16)23-2)11-18-19-15-6-4-5-7-17-15/h4-7,9-11H,3,8H2,1-2H3,(H,17,19)/b18-11+. The fraction of sp³-hybridized carbons (Fsp3) is 0.250. The number of hydrogen-bond donors (Lipinski definition) is 1. The number of ether oxygens (including phenoxy) is 2. The van der Waals surface area contributed by atoms with Crippen molar-refractivity contribution in [2.75, 3.05) is 19.1 Å². The van der Waals surface area contributed by atoms with Crippen LogP contribution in [0.1, 0.15) is 18.9 Å². The first-order valence-electron chi connectivity index (χ1n) is 7.35. The lowest BCUT2D eigenvalue weighted by Crippen LogP contribution is -2.03. The second kappa shape index (κ2) is 8.47. The van der Waals surface area contributed by atoms with E-state index in [1.807, 2.05) is 13.0 Å². The minimum atomic E-state index is -0.503. The summed E-state index contributed by atoms with van der Waals surface area (Å²) < 4.78 is 10.7. The maximum absolute atomic E-state index is 11.3. The van der Waals surface area contributed by atoms with Gasteiger partial charge in [-0.15, -0.1) is 0 Å². The molecule has 2 aromatic rings. The Morgan fingerprint density at radius 2 is 2.25 bits per heavy atom. The Hall–Kier alpha value is -3.16. The Labute approximate surface area is 139 Å². The summed E-state index contributed by atoms with van der Waals surface area (Å²) in [4.78, 5) is 14.9. The molecule has 0 unspecified atom stereocenters. The van der Waals surface area contributed by atoms with Crippen molar-refractivity contribution in [2.24, 2.45) is 5.10 Å². The number of hydrazone groups is 1. The van der Waals surface area contributed by atoms with E-state index in [2.05, 4.69) is 15.5 Å². The van der Waals surface area contributed by atoms with Gasteiger partial charge in [0, 0.05) is 17.8 Å². The van der Waals surface area contributed by atoms with Crippen molar-refractivity contribution >= 4 is 17.7 Å². The summed E-state index contributed by atoms with van der Waals surface area (Å²) in [6, 6.07) is 8.37. The van der Waals surface area contributed by atoms with E-state index in [1.165, 1.54) is 19.4 Å². The molecular weight excluding hydrogens is 312 g/mol. The van der Waals surface area contributed by atoms with E-state index in [0.717, 1.165) is 6.42 Å². The molecular formula is C16H18N4O4. The molecule has 8 nitrogen and oxygen atoms in total. The molecule has 0 radical (unpaired) electrons. The van der Waals surface area contributed by atoms with Gasteiger partial charge < -0.3 is 9.47 Å². The molecule has 24 heavy (non-hydrogen) atoms. The Bertz CT molecular complexity index is 720. The predicted molar refractivity (Wildman–Crippen MR) is 90.9 cm³/mol. The molecule has 0 aliphatic carbocycles. The molecule has 0 aliphatic rings. The molecule has 1 heterocycles. The molecule has 2 rings (SSSR count). The normalized spacial score (nSPS) is 10.6. The number of nitrogens with one attached hydrogen (secondary N) is 1. The third-order valence-electron chi connectivity index (χ3n) is 2.98. The summed E-state index contributed by atoms with van der Waals surface area (Å²) in [5, 5.41) is 15.3. The van der Waals surface area contributed by atoms with Gasteiger partial charge in [0.2, 0.25) is 5.75 Å². The largest absolute Gasteiger partial charge is 0.493 e. The monoisotopic (exact) mass is 330 g/mol. The first-order valence-corrected chi connectivity index (χ1v) is 7.35. The zero-order valence-electron chi connectivity index (χ0n) is 13.4. The van der Waals surface area contributed by atoms with Gasteiger partial charge in [-0.3, -0.25) is 15.5 Å². The van der Waals surface area contributed by atoms with Crippen LogP contribution in [0.3, 0.4) is 0 Å². The molecule has 0 fully saturated rings. The topological polar surface area (TPSA) is 98.9 Å². The van der Waals surface area contributed by atoms with Crippen LogP contribution in [0.2, 0.25) is 0 Å². The minimum absolute atomic E-state index is 0.124. The highest BCUT2D eigenvalue weighted by molar-refractivity contribution is 5.83. The number of rotatable bonds is 8. The third kappa shape index (κ3) is 4.42. The molecule has 0 saturated heterocycles. The van der Waals surface area contributed by atoms with Crippen LogP contribution in [0.25, 0.3) is 0 Å². The Morgan fingerprint density at radius 3 is 2.88 bits per heavy atom. The lowest BCUT2D eigenvalue weighted by Gasteiger charge is -2.11. The highest BCUT2D eigenvalue weighted by Gasteiger charge is 2.21. The van der Waals surface area contributed by atoms with Gasteiger partial charge >= 0.3 is 5.69 Å². The van der Waals surface area contributed by atoms with Crippen LogP contribution in [-0.2, 0) is 0 Å². The van der Waals surface area contributed by atoms with Crippen LogP contribution in [0, 0.1) is 10.1 Å². The maximum atomic E-state index is 11.3. The molecule has 1 aromatic heterocycles. The third-order valence-corrected chi connectivity index (χ3v) is 2.98. The first-order chi connectivity index (χ1) is 11.7. The van der Waals surface area contributed by atoms with Crippen LogP contribution in [-0.4, -0.2) is 29.8 Å². The summed E-state index contributed by atoms with van der Waals surface area (Å²) in [6.07, 6.45) is 3.82. The molecule has 0 saturated carbocycles. The number of pyridine rings is 1. The summed E-state index contributed by atoms with van der Waals surface area (Å²) in [6.45, 7) is 2.29. The SMILES string of the molecule is CCCOc1c(OC)cc(/C=N/Nc2ccccn2)cc1[N+](=O)[O-]. The smallest absolute Gasteiger partial charge is 0.315 e. The van der Waals surface area contributed by atoms with Crippen molar-refractivity contribution in [3.8, 4) is 11.5 Å². The van der Waals surface area contributed by atoms with E-state index in [9.17, 15) is 10.1 Å². The maximum Gasteiger partial charge on any atom is 0.315 e. The van der Waals surface area contributed by atoms with Crippen molar-refractivity contribution in [1.82, 2.24) is 4.98 Å². The van der Waals surface area contributed by atoms with Crippen molar-refractivity contribution in [3.05, 3.63) is 52.2 Å². The van der Waals surface area contributed by atoms with Crippen LogP contribution in [0.4, 0.5) is 11.5 Å². The second-order valence-corrected chi connectivity index (χ2v) is 4.76. The number of hydrogen-bond acceptors (Lipinski definition) is 7. The summed E-state index contributed by atoms with van der Waals surface area (Å²) in [5.41, 5.74) is 3.09. The van der Waals surface area contributed by atoms with Gasteiger partial charge in [-0.25, -0.2) is 4.98 Å². The molecule has 8 heteroatoms. The van der Waals surface area contributed by atoms with Gasteiger partial charge in [-0.05, 0) is 24.6 Å². The van der Waals surface area contributed by atoms with E-state index in [-0.39, 0.29) is 17.2 Å². The highest BCUT2D eigenvalue weighted by atomic mass is 16.6. The molecule has 126 valence electrons. The Balaban J connectivity index is 2.27. The zero-order valence-corrected chi connectivity index (χ0v) is 13.4. The number of nitrogens with zero attached hydrogens (tertiary/aromatic N) is 3. The summed E-state index contributed by atoms with van der Waals surface area (Å²) in [7, 11) is 1.44. The predicted octanol–water partition coefficient (Wildman–Crippen LogP) is 3.23. The molecule has 1 N–H and O–H groups in total. The van der Waals surface area contributed by atoms with E-state index in [4.69, 9.17) is 9.47 Å². The Kier molecular flexibility index (Phi) is 6.07. The number of anilines is 1. The fourth-order valence-corrected chi connectivity index (χ4v) is 1.92. The van der Waals surface area contributed by atoms with Crippen LogP contribution in [0.15, 0.2) is 41.6 Å². The lowest BCUT2D eigenvalue weighted by atomic mass is 10.2. The molecule has 0 spiro atoms. The number of nitro groups is 1. The van der Waals surface area contributed by atoms with Crippen LogP contribution < -0.4 is 14.9 Å². The van der Waals surface area contributed by atoms with Gasteiger partial charge in [0.05, 0.1) is 24.9 Å². The van der Waals surface area contributed by atoms with E-state index < -0.39 is 4.92 Å². The molecule has 0 bridgehead atoms. The van der Waals surface area contributed by atoms with Crippen LogP contribution in [0.5, 0.6) is 11.5 Å². The minimum Gasteiger partial charge on any atom is -0.493 e. The van der Waals surface area contributed by atoms with Gasteiger partial charge in [-0.1, -0.05) is 13.0 Å². The van der Waals surface area contributed by atoms with Gasteiger partial charge in [0.15, 0.2) is 5.75 Å². The van der Waals surface area contributed by atoms with Gasteiger partial charge in [0.25, 0.3) is 0 Å². The average Bonchev–Trinajstić information content (AvgIpc) is 2.60. The van der Waals surface area contributed by atoms with E-state index >= 15 is 0 Å². The number of benzene rings is 1. The number of methoxy groups -OCH3 is 1. The molecule has 0 aliphatic heterocycles. The number of nitro benzene ring substituents is 1. The van der Waals surface area contributed by atoms with Crippen molar-refractivity contribution in [2.45, 2.75) is 13.3 Å². The quantitative estimate of drug-likeness (QED) is 0.453. The van der Waals surface area contributed by atoms with Crippen molar-refractivity contribution in [1.29, 1.82) is 0 Å². The lowest BCUT2D eigenvalue weighted by molar-refractivity contribution is -0.386. The van der Waals surface area contributed by atoms with Crippen molar-refractivity contribution in [3.63, 3.8) is 0 Å². The van der Waals surface area contributed by atoms with Crippen molar-refractivity contribution < 1.29 is 14.4 Å². The Morgan fingerprint density at radius 1 is 1.42 bits per heavy atom. The molecule has 1 aromatic carbocycles. The van der Waals surface area contributed by atoms with Gasteiger partial charge in [0.1, 0.15) is 5.82 Å². The fourth-order valence-electron chi connectivity index (χ4n) is 1.92. The summed E-state index contributed by atoms with van der Waals surface area (Å²) in [5.74, 6) is 0.981. The van der Waals surface area contributed by atoms with E-state index in [0.29, 0.717) is 18.0 Å². The zero-order chi connectivity index (χ0) is 17.4. The molecule has 0 atom stereocenters. The first kappa shape index (κ1) is 17.2. The second-order valence-electron chi connectivity index (χ2n) is 4.76.